The van der Waals surface area contributed by atoms with E-state index in [1.807, 2.05) is 0 Å². The van der Waals surface area contributed by atoms with Crippen molar-refractivity contribution in [1.29, 1.82) is 0 Å². The molecule has 8 heteroatoms. The molecular weight excluding hydrogens is 284 g/mol. The van der Waals surface area contributed by atoms with Gasteiger partial charge in [-0.05, 0) is 24.3 Å². The van der Waals surface area contributed by atoms with Gasteiger partial charge in [-0.15, -0.1) is 10.2 Å². The van der Waals surface area contributed by atoms with Gasteiger partial charge in [0.1, 0.15) is 5.65 Å². The minimum absolute atomic E-state index is 0.0979. The Labute approximate surface area is 122 Å². The van der Waals surface area contributed by atoms with Crippen LogP contribution in [0.2, 0.25) is 0 Å². The maximum Gasteiger partial charge on any atom is 0.300 e. The van der Waals surface area contributed by atoms with Crippen LogP contribution in [-0.4, -0.2) is 26.0 Å². The van der Waals surface area contributed by atoms with Crippen LogP contribution < -0.4 is 10.7 Å². The highest BCUT2D eigenvalue weighted by Gasteiger charge is 2.17. The van der Waals surface area contributed by atoms with Gasteiger partial charge in [-0.3, -0.25) is 4.79 Å². The number of pyridine rings is 2. The van der Waals surface area contributed by atoms with E-state index in [9.17, 15) is 9.90 Å². The number of hydrogen-bond donors (Lipinski definition) is 2. The molecule has 22 heavy (non-hydrogen) atoms. The molecule has 0 fully saturated rings. The van der Waals surface area contributed by atoms with Gasteiger partial charge < -0.3 is 10.1 Å². The molecule has 0 bridgehead atoms. The lowest BCUT2D eigenvalue weighted by molar-refractivity contribution is -0.112. The molecule has 0 radical (unpaired) electrons. The Kier molecular flexibility index (Phi) is 2.55. The Balaban J connectivity index is 1.88. The Morgan fingerprint density at radius 3 is 2.82 bits per heavy atom. The van der Waals surface area contributed by atoms with E-state index in [2.05, 4.69) is 30.2 Å². The lowest BCUT2D eigenvalue weighted by atomic mass is 10.3. The SMILES string of the molecule is O=C1N=c2ncccc2=C1N=Nc1c(O)[nH]c2ncccc12. The molecule has 0 atom stereocenters. The van der Waals surface area contributed by atoms with Gasteiger partial charge in [0, 0.05) is 12.4 Å². The van der Waals surface area contributed by atoms with Gasteiger partial charge in [0.05, 0.1) is 10.6 Å². The number of amides is 1. The average Bonchev–Trinajstić information content (AvgIpc) is 3.01. The number of nitrogens with one attached hydrogen (secondary N) is 1. The van der Waals surface area contributed by atoms with Crippen molar-refractivity contribution in [1.82, 2.24) is 15.0 Å². The topological polar surface area (TPSA) is 116 Å². The molecule has 8 nitrogen and oxygen atoms in total. The number of H-pyrrole nitrogens is 1. The summed E-state index contributed by atoms with van der Waals surface area (Å²) in [6.45, 7) is 0. The van der Waals surface area contributed by atoms with Crippen LogP contribution in [0, 0.1) is 0 Å². The summed E-state index contributed by atoms with van der Waals surface area (Å²) in [6.07, 6.45) is 3.14. The first-order valence-electron chi connectivity index (χ1n) is 6.40. The molecule has 0 aromatic carbocycles. The second-order valence-electron chi connectivity index (χ2n) is 4.56. The molecule has 0 saturated heterocycles. The van der Waals surface area contributed by atoms with E-state index in [0.717, 1.165) is 0 Å². The average molecular weight is 292 g/mol. The van der Waals surface area contributed by atoms with Crippen molar-refractivity contribution in [3.63, 3.8) is 0 Å². The van der Waals surface area contributed by atoms with Gasteiger partial charge in [-0.1, -0.05) is 0 Å². The molecule has 106 valence electrons. The third-order valence-corrected chi connectivity index (χ3v) is 3.23. The Morgan fingerprint density at radius 2 is 1.91 bits per heavy atom. The number of aromatic hydroxyl groups is 1. The molecule has 1 aliphatic rings. The minimum Gasteiger partial charge on any atom is -0.493 e. The monoisotopic (exact) mass is 292 g/mol. The lowest BCUT2D eigenvalue weighted by Gasteiger charge is -1.91. The summed E-state index contributed by atoms with van der Waals surface area (Å²) in [5.74, 6) is -0.665. The van der Waals surface area contributed by atoms with Crippen LogP contribution in [-0.2, 0) is 4.79 Å². The Hall–Kier alpha value is -3.42. The summed E-state index contributed by atoms with van der Waals surface area (Å²) in [7, 11) is 0. The van der Waals surface area contributed by atoms with Crippen molar-refractivity contribution in [2.75, 3.05) is 0 Å². The van der Waals surface area contributed by atoms with E-state index < -0.39 is 5.91 Å². The van der Waals surface area contributed by atoms with Gasteiger partial charge in [-0.2, -0.15) is 4.99 Å². The summed E-state index contributed by atoms with van der Waals surface area (Å²) in [5, 5.41) is 19.0. The first-order chi connectivity index (χ1) is 10.7. The Morgan fingerprint density at radius 1 is 1.09 bits per heavy atom. The summed E-state index contributed by atoms with van der Waals surface area (Å²) in [5.41, 5.74) is 1.14. The second-order valence-corrected chi connectivity index (χ2v) is 4.56. The number of fused-ring (bicyclic) bond motifs is 2. The quantitative estimate of drug-likeness (QED) is 0.677. The molecule has 0 unspecified atom stereocenters. The predicted octanol–water partition coefficient (Wildman–Crippen LogP) is 0.715. The highest BCUT2D eigenvalue weighted by atomic mass is 16.3. The zero-order valence-corrected chi connectivity index (χ0v) is 11.1. The molecule has 3 aromatic rings. The number of aromatic amines is 1. The van der Waals surface area contributed by atoms with Crippen LogP contribution in [0.25, 0.3) is 16.7 Å². The van der Waals surface area contributed by atoms with E-state index in [4.69, 9.17) is 0 Å². The number of carbonyl (C=O) groups is 1. The van der Waals surface area contributed by atoms with Crippen molar-refractivity contribution < 1.29 is 9.90 Å². The van der Waals surface area contributed by atoms with Crippen molar-refractivity contribution in [3.8, 4) is 5.88 Å². The highest BCUT2D eigenvalue weighted by molar-refractivity contribution is 6.14. The van der Waals surface area contributed by atoms with Crippen LogP contribution in [0.4, 0.5) is 5.69 Å². The lowest BCUT2D eigenvalue weighted by Crippen LogP contribution is -2.25. The number of hydrogen-bond acceptors (Lipinski definition) is 6. The van der Waals surface area contributed by atoms with Crippen LogP contribution in [0.5, 0.6) is 5.88 Å². The zero-order valence-electron chi connectivity index (χ0n) is 11.1. The van der Waals surface area contributed by atoms with E-state index in [1.54, 1.807) is 36.7 Å². The van der Waals surface area contributed by atoms with Crippen molar-refractivity contribution in [2.45, 2.75) is 0 Å². The Bertz CT molecular complexity index is 1070. The summed E-state index contributed by atoms with van der Waals surface area (Å²) >= 11 is 0. The van der Waals surface area contributed by atoms with Gasteiger partial charge >= 0.3 is 0 Å². The van der Waals surface area contributed by atoms with Gasteiger partial charge in [0.2, 0.25) is 5.88 Å². The molecule has 2 N–H and O–H groups in total. The summed E-state index contributed by atoms with van der Waals surface area (Å²) in [4.78, 5) is 26.4. The van der Waals surface area contributed by atoms with E-state index in [1.165, 1.54) is 0 Å². The summed E-state index contributed by atoms with van der Waals surface area (Å²) < 4.78 is 0. The number of aromatic nitrogens is 3. The van der Waals surface area contributed by atoms with Crippen molar-refractivity contribution >= 4 is 28.3 Å². The predicted molar refractivity (Wildman–Crippen MR) is 75.7 cm³/mol. The fraction of sp³-hybridized carbons (Fsp3) is 0. The third kappa shape index (κ3) is 1.78. The van der Waals surface area contributed by atoms with Crippen LogP contribution >= 0.6 is 0 Å². The fourth-order valence-electron chi connectivity index (χ4n) is 2.23. The van der Waals surface area contributed by atoms with Crippen LogP contribution in [0.15, 0.2) is 51.9 Å². The molecule has 0 saturated carbocycles. The number of rotatable bonds is 2. The van der Waals surface area contributed by atoms with Crippen LogP contribution in [0.3, 0.4) is 0 Å². The van der Waals surface area contributed by atoms with Crippen molar-refractivity contribution in [3.05, 3.63) is 47.4 Å². The molecule has 4 heterocycles. The smallest absolute Gasteiger partial charge is 0.300 e. The van der Waals surface area contributed by atoms with Gasteiger partial charge in [-0.25, -0.2) is 9.97 Å². The molecule has 4 rings (SSSR count). The fourth-order valence-corrected chi connectivity index (χ4v) is 2.23. The molecular formula is C14H8N6O2. The van der Waals surface area contributed by atoms with Crippen LogP contribution in [0.1, 0.15) is 0 Å². The maximum absolute atomic E-state index is 11.9. The minimum atomic E-state index is -0.505. The first kappa shape index (κ1) is 12.3. The van der Waals surface area contributed by atoms with Gasteiger partial charge in [0.15, 0.2) is 16.9 Å². The zero-order chi connectivity index (χ0) is 15.1. The third-order valence-electron chi connectivity index (χ3n) is 3.23. The van der Waals surface area contributed by atoms with Gasteiger partial charge in [0.25, 0.3) is 5.91 Å². The number of carbonyl (C=O) groups excluding carboxylic acids is 1. The highest BCUT2D eigenvalue weighted by Crippen LogP contribution is 2.34. The molecule has 1 amide bonds. The molecule has 1 aliphatic heterocycles. The maximum atomic E-state index is 11.9. The standard InChI is InChI=1S/C14H8N6O2/c21-13-9(7-3-1-5-15-11(7)17-13)19-20-10-8-4-2-6-16-12(8)18-14(10)22/h1-6,21H,(H,15,17). The van der Waals surface area contributed by atoms with Crippen molar-refractivity contribution in [2.24, 2.45) is 15.2 Å². The number of azo groups is 1. The van der Waals surface area contributed by atoms with E-state index in [-0.39, 0.29) is 17.3 Å². The van der Waals surface area contributed by atoms with E-state index in [0.29, 0.717) is 21.7 Å². The normalized spacial score (nSPS) is 13.8. The largest absolute Gasteiger partial charge is 0.493 e. The first-order valence-corrected chi connectivity index (χ1v) is 6.40. The molecule has 3 aromatic heterocycles. The summed E-state index contributed by atoms with van der Waals surface area (Å²) in [6, 6.07) is 6.85. The second kappa shape index (κ2) is 4.55. The molecule has 0 spiro atoms. The molecule has 0 aliphatic carbocycles. The van der Waals surface area contributed by atoms with E-state index >= 15 is 0 Å². The number of nitrogens with zero attached hydrogens (tertiary/aromatic N) is 5.